The van der Waals surface area contributed by atoms with Crippen molar-refractivity contribution in [2.24, 2.45) is 11.1 Å². The summed E-state index contributed by atoms with van der Waals surface area (Å²) in [5.41, 5.74) is 5.46. The quantitative estimate of drug-likeness (QED) is 0.828. The lowest BCUT2D eigenvalue weighted by atomic mass is 9.77. The van der Waals surface area contributed by atoms with Crippen LogP contribution in [0.1, 0.15) is 11.6 Å². The van der Waals surface area contributed by atoms with Crippen LogP contribution in [0, 0.1) is 28.4 Å². The van der Waals surface area contributed by atoms with E-state index in [-0.39, 0.29) is 13.2 Å². The molecule has 0 radical (unpaired) electrons. The van der Waals surface area contributed by atoms with Gasteiger partial charge < -0.3 is 10.5 Å². The monoisotopic (exact) mass is 224 g/mol. The fourth-order valence-electron chi connectivity index (χ4n) is 1.66. The maximum atomic E-state index is 13.0. The Kier molecular flexibility index (Phi) is 2.62. The Morgan fingerprint density at radius 2 is 2.06 bits per heavy atom. The van der Waals surface area contributed by atoms with Crippen LogP contribution in [-0.2, 0) is 4.74 Å². The molecule has 1 fully saturated rings. The molecule has 2 N–H and O–H groups in total. The molecule has 84 valence electrons. The van der Waals surface area contributed by atoms with Crippen molar-refractivity contribution in [3.05, 3.63) is 35.4 Å². The Morgan fingerprint density at radius 3 is 2.50 bits per heavy atom. The zero-order valence-corrected chi connectivity index (χ0v) is 8.41. The molecule has 5 heteroatoms. The molecular formula is C11H10F2N2O. The minimum Gasteiger partial charge on any atom is -0.378 e. The van der Waals surface area contributed by atoms with E-state index in [1.807, 2.05) is 0 Å². The van der Waals surface area contributed by atoms with Crippen LogP contribution in [0.4, 0.5) is 8.78 Å². The van der Waals surface area contributed by atoms with Gasteiger partial charge in [0.25, 0.3) is 0 Å². The van der Waals surface area contributed by atoms with Gasteiger partial charge in [0, 0.05) is 0 Å². The van der Waals surface area contributed by atoms with Gasteiger partial charge in [-0.3, -0.25) is 0 Å². The summed E-state index contributed by atoms with van der Waals surface area (Å²) in [4.78, 5) is 0. The van der Waals surface area contributed by atoms with Gasteiger partial charge in [-0.2, -0.15) is 5.26 Å². The number of rotatable bonds is 2. The molecule has 1 aromatic carbocycles. The van der Waals surface area contributed by atoms with E-state index in [1.54, 1.807) is 0 Å². The first-order chi connectivity index (χ1) is 7.59. The van der Waals surface area contributed by atoms with Crippen LogP contribution in [0.15, 0.2) is 18.2 Å². The third-order valence-electron chi connectivity index (χ3n) is 2.84. The summed E-state index contributed by atoms with van der Waals surface area (Å²) in [5, 5.41) is 9.01. The largest absolute Gasteiger partial charge is 0.378 e. The number of benzene rings is 1. The van der Waals surface area contributed by atoms with Crippen molar-refractivity contribution in [1.29, 1.82) is 5.26 Å². The molecule has 1 aliphatic heterocycles. The van der Waals surface area contributed by atoms with Crippen LogP contribution in [0.2, 0.25) is 0 Å². The molecule has 1 saturated heterocycles. The molecule has 0 amide bonds. The van der Waals surface area contributed by atoms with E-state index in [0.717, 1.165) is 12.1 Å². The van der Waals surface area contributed by atoms with E-state index in [2.05, 4.69) is 6.07 Å². The molecule has 2 rings (SSSR count). The Bertz CT molecular complexity index is 452. The van der Waals surface area contributed by atoms with Crippen molar-refractivity contribution in [3.8, 4) is 6.07 Å². The Hall–Kier alpha value is -1.51. The van der Waals surface area contributed by atoms with E-state index in [1.165, 1.54) is 6.07 Å². The minimum absolute atomic E-state index is 0.226. The first kappa shape index (κ1) is 11.0. The highest BCUT2D eigenvalue weighted by molar-refractivity contribution is 5.27. The fourth-order valence-corrected chi connectivity index (χ4v) is 1.66. The molecule has 1 heterocycles. The SMILES string of the molecule is N#CC1(C(N)c2ccc(F)c(F)c2)COC1. The van der Waals surface area contributed by atoms with Gasteiger partial charge in [-0.25, -0.2) is 8.78 Å². The number of nitrogens with two attached hydrogens (primary N) is 1. The van der Waals surface area contributed by atoms with E-state index < -0.39 is 23.1 Å². The van der Waals surface area contributed by atoms with Crippen LogP contribution < -0.4 is 5.73 Å². The van der Waals surface area contributed by atoms with Crippen LogP contribution in [-0.4, -0.2) is 13.2 Å². The van der Waals surface area contributed by atoms with Gasteiger partial charge in [-0.1, -0.05) is 6.07 Å². The van der Waals surface area contributed by atoms with Gasteiger partial charge in [-0.05, 0) is 17.7 Å². The number of nitrogens with zero attached hydrogens (tertiary/aromatic N) is 1. The Balaban J connectivity index is 2.31. The van der Waals surface area contributed by atoms with E-state index in [4.69, 9.17) is 15.7 Å². The molecule has 3 nitrogen and oxygen atoms in total. The predicted molar refractivity (Wildman–Crippen MR) is 52.2 cm³/mol. The highest BCUT2D eigenvalue weighted by atomic mass is 19.2. The molecule has 1 unspecified atom stereocenters. The average Bonchev–Trinajstić information content (AvgIpc) is 2.21. The second kappa shape index (κ2) is 3.81. The molecule has 16 heavy (non-hydrogen) atoms. The maximum Gasteiger partial charge on any atom is 0.159 e. The smallest absolute Gasteiger partial charge is 0.159 e. The molecule has 0 spiro atoms. The first-order valence-electron chi connectivity index (χ1n) is 4.78. The molecule has 0 aliphatic carbocycles. The number of nitriles is 1. The summed E-state index contributed by atoms with van der Waals surface area (Å²) in [6.45, 7) is 0.452. The van der Waals surface area contributed by atoms with Crippen molar-refractivity contribution in [3.63, 3.8) is 0 Å². The number of ether oxygens (including phenoxy) is 1. The summed E-state index contributed by atoms with van der Waals surface area (Å²) >= 11 is 0. The summed E-state index contributed by atoms with van der Waals surface area (Å²) in [6, 6.07) is 4.84. The van der Waals surface area contributed by atoms with Crippen molar-refractivity contribution in [2.75, 3.05) is 13.2 Å². The zero-order valence-electron chi connectivity index (χ0n) is 8.41. The van der Waals surface area contributed by atoms with E-state index >= 15 is 0 Å². The minimum atomic E-state index is -0.957. The molecule has 0 saturated carbocycles. The van der Waals surface area contributed by atoms with Gasteiger partial charge in [0.1, 0.15) is 5.41 Å². The molecular weight excluding hydrogens is 214 g/mol. The average molecular weight is 224 g/mol. The van der Waals surface area contributed by atoms with Crippen molar-refractivity contribution in [2.45, 2.75) is 6.04 Å². The van der Waals surface area contributed by atoms with Gasteiger partial charge in [0.15, 0.2) is 11.6 Å². The van der Waals surface area contributed by atoms with Crippen molar-refractivity contribution in [1.82, 2.24) is 0 Å². The Morgan fingerprint density at radius 1 is 1.38 bits per heavy atom. The summed E-state index contributed by atoms with van der Waals surface area (Å²) < 4.78 is 30.7. The van der Waals surface area contributed by atoms with Crippen LogP contribution in [0.25, 0.3) is 0 Å². The van der Waals surface area contributed by atoms with Crippen molar-refractivity contribution >= 4 is 0 Å². The zero-order chi connectivity index (χ0) is 11.8. The summed E-state index contributed by atoms with van der Waals surface area (Å²) in [6.07, 6.45) is 0. The van der Waals surface area contributed by atoms with Crippen LogP contribution in [0.5, 0.6) is 0 Å². The summed E-state index contributed by atoms with van der Waals surface area (Å²) in [5.74, 6) is -1.88. The van der Waals surface area contributed by atoms with Gasteiger partial charge in [0.05, 0.1) is 25.3 Å². The predicted octanol–water partition coefficient (Wildman–Crippen LogP) is 1.50. The maximum absolute atomic E-state index is 13.0. The second-order valence-corrected chi connectivity index (χ2v) is 3.91. The molecule has 1 aromatic rings. The number of hydrogen-bond donors (Lipinski definition) is 1. The third-order valence-corrected chi connectivity index (χ3v) is 2.84. The lowest BCUT2D eigenvalue weighted by Gasteiger charge is -2.39. The van der Waals surface area contributed by atoms with Crippen LogP contribution >= 0.6 is 0 Å². The standard InChI is InChI=1S/C11H10F2N2O/c12-8-2-1-7(3-9(8)13)10(15)11(4-14)5-16-6-11/h1-3,10H,5-6,15H2. The van der Waals surface area contributed by atoms with Crippen molar-refractivity contribution < 1.29 is 13.5 Å². The van der Waals surface area contributed by atoms with Gasteiger partial charge >= 0.3 is 0 Å². The number of halogens is 2. The van der Waals surface area contributed by atoms with E-state index in [0.29, 0.717) is 5.56 Å². The molecule has 0 aromatic heterocycles. The normalized spacial score (nSPS) is 19.6. The fraction of sp³-hybridized carbons (Fsp3) is 0.364. The molecule has 1 atom stereocenters. The Labute approximate surface area is 91.4 Å². The third kappa shape index (κ3) is 1.56. The topological polar surface area (TPSA) is 59.0 Å². The number of hydrogen-bond acceptors (Lipinski definition) is 3. The lowest BCUT2D eigenvalue weighted by molar-refractivity contribution is -0.0911. The van der Waals surface area contributed by atoms with Crippen LogP contribution in [0.3, 0.4) is 0 Å². The van der Waals surface area contributed by atoms with Gasteiger partial charge in [0.2, 0.25) is 0 Å². The highest BCUT2D eigenvalue weighted by Gasteiger charge is 2.45. The van der Waals surface area contributed by atoms with E-state index in [9.17, 15) is 8.78 Å². The van der Waals surface area contributed by atoms with Gasteiger partial charge in [-0.15, -0.1) is 0 Å². The lowest BCUT2D eigenvalue weighted by Crippen LogP contribution is -2.49. The molecule has 1 aliphatic rings. The first-order valence-corrected chi connectivity index (χ1v) is 4.78. The highest BCUT2D eigenvalue weighted by Crippen LogP contribution is 2.38. The summed E-state index contributed by atoms with van der Waals surface area (Å²) in [7, 11) is 0. The second-order valence-electron chi connectivity index (χ2n) is 3.91. The molecule has 0 bridgehead atoms.